The van der Waals surface area contributed by atoms with E-state index in [0.717, 1.165) is 0 Å². The molecule has 2 heterocycles. The van der Waals surface area contributed by atoms with Crippen molar-refractivity contribution >= 4 is 17.9 Å². The minimum absolute atomic E-state index is 0.105. The number of nitrogens with one attached hydrogen (secondary N) is 3. The van der Waals surface area contributed by atoms with E-state index in [1.54, 1.807) is 0 Å². The molecule has 0 aromatic carbocycles. The van der Waals surface area contributed by atoms with E-state index < -0.39 is 42.2 Å². The highest BCUT2D eigenvalue weighted by Gasteiger charge is 2.31. The lowest BCUT2D eigenvalue weighted by Gasteiger charge is -2.19. The highest BCUT2D eigenvalue weighted by molar-refractivity contribution is 5.83. The monoisotopic (exact) mass is 386 g/mol. The molecule has 1 fully saturated rings. The Morgan fingerprint density at radius 2 is 2.11 bits per heavy atom. The number of β-amino-alcohol motifs (C(OH)–C–C–N with tert-alkyl or cyclic N) is 1. The van der Waals surface area contributed by atoms with Crippen molar-refractivity contribution in [3.05, 3.63) is 11.7 Å². The van der Waals surface area contributed by atoms with Crippen molar-refractivity contribution in [2.45, 2.75) is 50.1 Å². The molecule has 13 nitrogen and oxygen atoms in total. The van der Waals surface area contributed by atoms with Crippen LogP contribution in [0.5, 0.6) is 0 Å². The highest BCUT2D eigenvalue weighted by Crippen LogP contribution is 2.23. The van der Waals surface area contributed by atoms with Crippen LogP contribution in [0.25, 0.3) is 0 Å². The first-order chi connectivity index (χ1) is 12.7. The van der Waals surface area contributed by atoms with Crippen LogP contribution in [-0.2, 0) is 9.59 Å². The Morgan fingerprint density at radius 1 is 1.41 bits per heavy atom. The molecular formula is C14H22N6O7. The molecule has 0 spiro atoms. The molecule has 1 saturated heterocycles. The van der Waals surface area contributed by atoms with Crippen LogP contribution in [0.3, 0.4) is 0 Å². The van der Waals surface area contributed by atoms with Crippen molar-refractivity contribution in [3.8, 4) is 0 Å². The summed E-state index contributed by atoms with van der Waals surface area (Å²) in [4.78, 5) is 38.5. The zero-order valence-corrected chi connectivity index (χ0v) is 14.5. The molecule has 1 aliphatic heterocycles. The van der Waals surface area contributed by atoms with Crippen LogP contribution in [0.2, 0.25) is 0 Å². The minimum atomic E-state index is -1.55. The Balaban J connectivity index is 2.09. The van der Waals surface area contributed by atoms with Gasteiger partial charge in [0.2, 0.25) is 11.8 Å². The van der Waals surface area contributed by atoms with E-state index in [4.69, 9.17) is 15.4 Å². The summed E-state index contributed by atoms with van der Waals surface area (Å²) in [5.74, 6) is -2.06. The van der Waals surface area contributed by atoms with Crippen LogP contribution < -0.4 is 21.7 Å². The first-order valence-electron chi connectivity index (χ1n) is 8.18. The van der Waals surface area contributed by atoms with Gasteiger partial charge in [0.25, 0.3) is 0 Å². The standard InChI is InChI=1S/C14H22N6O7/c1-5(21)10(13(24)25)18-14(26)17-8(3-9(15)23)12-19-11(20-27-12)7-2-6(22)4-16-7/h5-8,10,16,21-22H,2-4H2,1H3,(H2,15,23)(H,24,25)(H2,17,18,26)/t5?,6-,7+,8+,10+/m1/s1. The molecule has 0 radical (unpaired) electrons. The largest absolute Gasteiger partial charge is 0.480 e. The van der Waals surface area contributed by atoms with E-state index in [-0.39, 0.29) is 24.2 Å². The van der Waals surface area contributed by atoms with Crippen molar-refractivity contribution in [1.82, 2.24) is 26.1 Å². The number of primary amides is 1. The second-order valence-electron chi connectivity index (χ2n) is 6.24. The maximum atomic E-state index is 12.0. The van der Waals surface area contributed by atoms with E-state index in [1.165, 1.54) is 6.92 Å². The minimum Gasteiger partial charge on any atom is -0.480 e. The third kappa shape index (κ3) is 5.60. The van der Waals surface area contributed by atoms with Gasteiger partial charge >= 0.3 is 12.0 Å². The summed E-state index contributed by atoms with van der Waals surface area (Å²) in [6, 6.07) is -3.96. The van der Waals surface area contributed by atoms with Crippen LogP contribution in [0, 0.1) is 0 Å². The molecule has 0 bridgehead atoms. The molecule has 5 atom stereocenters. The molecule has 1 aromatic rings. The number of aromatic nitrogens is 2. The molecule has 150 valence electrons. The van der Waals surface area contributed by atoms with Crippen LogP contribution in [-0.4, -0.2) is 68.2 Å². The predicted octanol–water partition coefficient (Wildman–Crippen LogP) is -2.49. The van der Waals surface area contributed by atoms with E-state index in [9.17, 15) is 24.6 Å². The number of urea groups is 1. The number of carbonyl (C=O) groups excluding carboxylic acids is 2. The van der Waals surface area contributed by atoms with Gasteiger partial charge in [-0.1, -0.05) is 5.16 Å². The fourth-order valence-electron chi connectivity index (χ4n) is 2.58. The zero-order chi connectivity index (χ0) is 20.1. The lowest BCUT2D eigenvalue weighted by molar-refractivity contribution is -0.141. The van der Waals surface area contributed by atoms with Crippen LogP contribution >= 0.6 is 0 Å². The second kappa shape index (κ2) is 8.75. The van der Waals surface area contributed by atoms with Crippen molar-refractivity contribution in [2.24, 2.45) is 5.73 Å². The Hall–Kier alpha value is -2.77. The summed E-state index contributed by atoms with van der Waals surface area (Å²) in [6.07, 6.45) is -1.89. The molecule has 27 heavy (non-hydrogen) atoms. The lowest BCUT2D eigenvalue weighted by Crippen LogP contribution is -2.52. The number of aliphatic hydroxyl groups excluding tert-OH is 2. The normalized spacial score (nSPS) is 22.6. The summed E-state index contributed by atoms with van der Waals surface area (Å²) in [6.45, 7) is 1.57. The number of hydrogen-bond donors (Lipinski definition) is 7. The van der Waals surface area contributed by atoms with E-state index in [0.29, 0.717) is 13.0 Å². The van der Waals surface area contributed by atoms with Crippen molar-refractivity contribution < 1.29 is 34.2 Å². The van der Waals surface area contributed by atoms with Gasteiger partial charge < -0.3 is 41.5 Å². The van der Waals surface area contributed by atoms with Gasteiger partial charge in [-0.25, -0.2) is 9.59 Å². The number of amides is 3. The first kappa shape index (κ1) is 20.5. The third-order valence-corrected chi connectivity index (χ3v) is 3.92. The molecule has 2 rings (SSSR count). The molecule has 0 aliphatic carbocycles. The zero-order valence-electron chi connectivity index (χ0n) is 14.5. The Bertz CT molecular complexity index is 693. The van der Waals surface area contributed by atoms with Crippen LogP contribution in [0.15, 0.2) is 4.52 Å². The van der Waals surface area contributed by atoms with Crippen molar-refractivity contribution in [3.63, 3.8) is 0 Å². The van der Waals surface area contributed by atoms with Gasteiger partial charge in [0.15, 0.2) is 11.9 Å². The predicted molar refractivity (Wildman–Crippen MR) is 87.0 cm³/mol. The fraction of sp³-hybridized carbons (Fsp3) is 0.643. The molecule has 13 heteroatoms. The summed E-state index contributed by atoms with van der Waals surface area (Å²) in [5.41, 5.74) is 5.17. The lowest BCUT2D eigenvalue weighted by atomic mass is 10.1. The van der Waals surface area contributed by atoms with Gasteiger partial charge in [-0.15, -0.1) is 0 Å². The molecule has 1 aliphatic rings. The summed E-state index contributed by atoms with van der Waals surface area (Å²) < 4.78 is 5.08. The summed E-state index contributed by atoms with van der Waals surface area (Å²) >= 11 is 0. The number of nitrogens with zero attached hydrogens (tertiary/aromatic N) is 2. The summed E-state index contributed by atoms with van der Waals surface area (Å²) in [7, 11) is 0. The second-order valence-corrected chi connectivity index (χ2v) is 6.24. The molecule has 1 unspecified atom stereocenters. The average Bonchev–Trinajstić information content (AvgIpc) is 3.19. The van der Waals surface area contributed by atoms with Gasteiger partial charge in [0.1, 0.15) is 6.04 Å². The van der Waals surface area contributed by atoms with Crippen LogP contribution in [0.1, 0.15) is 43.6 Å². The van der Waals surface area contributed by atoms with Gasteiger partial charge in [0, 0.05) is 6.54 Å². The Morgan fingerprint density at radius 3 is 2.63 bits per heavy atom. The number of carbonyl (C=O) groups is 3. The number of carboxylic acid groups (broad SMARTS) is 1. The van der Waals surface area contributed by atoms with E-state index in [1.807, 2.05) is 0 Å². The average molecular weight is 386 g/mol. The van der Waals surface area contributed by atoms with Gasteiger partial charge in [0.05, 0.1) is 24.7 Å². The van der Waals surface area contributed by atoms with Gasteiger partial charge in [-0.2, -0.15) is 4.98 Å². The molecule has 3 amide bonds. The fourth-order valence-corrected chi connectivity index (χ4v) is 2.58. The van der Waals surface area contributed by atoms with Gasteiger partial charge in [-0.05, 0) is 13.3 Å². The van der Waals surface area contributed by atoms with Gasteiger partial charge in [-0.3, -0.25) is 4.79 Å². The quantitative estimate of drug-likeness (QED) is 0.250. The van der Waals surface area contributed by atoms with E-state index >= 15 is 0 Å². The number of carboxylic acids is 1. The Labute approximate surface area is 153 Å². The topological polar surface area (TPSA) is 213 Å². The van der Waals surface area contributed by atoms with Crippen molar-refractivity contribution in [2.75, 3.05) is 6.54 Å². The highest BCUT2D eigenvalue weighted by atomic mass is 16.5. The number of nitrogens with two attached hydrogens (primary N) is 1. The molecular weight excluding hydrogens is 364 g/mol. The Kier molecular flexibility index (Phi) is 6.65. The SMILES string of the molecule is CC(O)[C@H](NC(=O)N[C@@H](CC(N)=O)c1nc([C@@H]2C[C@@H](O)CN2)no1)C(=O)O. The molecule has 8 N–H and O–H groups in total. The number of aliphatic hydroxyl groups is 2. The van der Waals surface area contributed by atoms with E-state index in [2.05, 4.69) is 26.1 Å². The third-order valence-electron chi connectivity index (χ3n) is 3.92. The smallest absolute Gasteiger partial charge is 0.328 e. The maximum absolute atomic E-state index is 12.0. The summed E-state index contributed by atoms with van der Waals surface area (Å²) in [5, 5.41) is 39.1. The number of hydrogen-bond acceptors (Lipinski definition) is 9. The molecule has 1 aromatic heterocycles. The number of aliphatic carboxylic acids is 1. The first-order valence-corrected chi connectivity index (χ1v) is 8.18. The molecule has 0 saturated carbocycles. The van der Waals surface area contributed by atoms with Crippen molar-refractivity contribution in [1.29, 1.82) is 0 Å². The van der Waals surface area contributed by atoms with Crippen LogP contribution in [0.4, 0.5) is 4.79 Å². The number of rotatable bonds is 8. The maximum Gasteiger partial charge on any atom is 0.328 e.